The van der Waals surface area contributed by atoms with Gasteiger partial charge < -0.3 is 9.84 Å². The lowest BCUT2D eigenvalue weighted by molar-refractivity contribution is 0.364. The van der Waals surface area contributed by atoms with Crippen LogP contribution in [0.2, 0.25) is 0 Å². The molecule has 2 rings (SSSR count). The number of thioether (sulfide) groups is 1. The second kappa shape index (κ2) is 6.45. The zero-order valence-corrected chi connectivity index (χ0v) is 11.6. The Hall–Kier alpha value is -0.480. The van der Waals surface area contributed by atoms with Crippen molar-refractivity contribution in [1.29, 1.82) is 0 Å². The molecule has 0 amide bonds. The van der Waals surface area contributed by atoms with Gasteiger partial charge in [0.1, 0.15) is 5.76 Å². The second-order valence-electron chi connectivity index (χ2n) is 4.69. The quantitative estimate of drug-likeness (QED) is 0.876. The number of hydrogen-bond donors (Lipinski definition) is 1. The van der Waals surface area contributed by atoms with E-state index in [0.29, 0.717) is 6.04 Å². The van der Waals surface area contributed by atoms with Gasteiger partial charge in [-0.1, -0.05) is 24.9 Å². The van der Waals surface area contributed by atoms with Gasteiger partial charge in [0.05, 0.1) is 5.69 Å². The van der Waals surface area contributed by atoms with Crippen molar-refractivity contribution in [3.8, 4) is 0 Å². The van der Waals surface area contributed by atoms with E-state index in [9.17, 15) is 0 Å². The Morgan fingerprint density at radius 3 is 3.00 bits per heavy atom. The number of hydrogen-bond acceptors (Lipinski definition) is 4. The Morgan fingerprint density at radius 2 is 2.29 bits per heavy atom. The molecule has 1 saturated carbocycles. The summed E-state index contributed by atoms with van der Waals surface area (Å²) in [4.78, 5) is 0. The van der Waals surface area contributed by atoms with Crippen molar-refractivity contribution < 1.29 is 4.52 Å². The summed E-state index contributed by atoms with van der Waals surface area (Å²) in [5, 5.41) is 8.45. The number of aryl methyl sites for hydroxylation is 1. The van der Waals surface area contributed by atoms with Crippen LogP contribution in [0.4, 0.5) is 0 Å². The van der Waals surface area contributed by atoms with Crippen LogP contribution in [0.15, 0.2) is 10.6 Å². The molecular weight excluding hydrogens is 232 g/mol. The molecule has 1 fully saturated rings. The molecule has 2 atom stereocenters. The molecule has 0 aliphatic heterocycles. The van der Waals surface area contributed by atoms with Gasteiger partial charge in [-0.15, -0.1) is 0 Å². The number of nitrogens with zero attached hydrogens (tertiary/aromatic N) is 1. The van der Waals surface area contributed by atoms with Crippen molar-refractivity contribution in [3.63, 3.8) is 0 Å². The fourth-order valence-corrected chi connectivity index (χ4v) is 3.71. The zero-order chi connectivity index (χ0) is 12.1. The van der Waals surface area contributed by atoms with Crippen molar-refractivity contribution in [2.24, 2.45) is 0 Å². The fraction of sp³-hybridized carbons (Fsp3) is 0.769. The first-order valence-corrected chi connectivity index (χ1v) is 7.61. The summed E-state index contributed by atoms with van der Waals surface area (Å²) in [7, 11) is 0. The molecule has 0 unspecified atom stereocenters. The summed E-state index contributed by atoms with van der Waals surface area (Å²) in [6, 6.07) is 2.66. The molecule has 96 valence electrons. The molecule has 1 aromatic rings. The van der Waals surface area contributed by atoms with Gasteiger partial charge in [0.2, 0.25) is 0 Å². The van der Waals surface area contributed by atoms with Crippen LogP contribution in [0.1, 0.15) is 44.1 Å². The molecule has 1 heterocycles. The summed E-state index contributed by atoms with van der Waals surface area (Å²) in [6.45, 7) is 5.02. The van der Waals surface area contributed by atoms with E-state index in [1.165, 1.54) is 31.4 Å². The van der Waals surface area contributed by atoms with Crippen molar-refractivity contribution in [2.45, 2.75) is 57.4 Å². The topological polar surface area (TPSA) is 38.1 Å². The molecule has 1 aromatic heterocycles. The maximum atomic E-state index is 5.08. The first kappa shape index (κ1) is 13.0. The first-order chi connectivity index (χ1) is 8.29. The molecule has 1 N–H and O–H groups in total. The Morgan fingerprint density at radius 1 is 1.47 bits per heavy atom. The van der Waals surface area contributed by atoms with Crippen LogP contribution in [0.5, 0.6) is 0 Å². The van der Waals surface area contributed by atoms with E-state index in [4.69, 9.17) is 4.52 Å². The lowest BCUT2D eigenvalue weighted by Crippen LogP contribution is -2.40. The van der Waals surface area contributed by atoms with E-state index < -0.39 is 0 Å². The van der Waals surface area contributed by atoms with Crippen LogP contribution in [0, 0.1) is 6.92 Å². The highest BCUT2D eigenvalue weighted by atomic mass is 32.2. The highest BCUT2D eigenvalue weighted by molar-refractivity contribution is 7.99. The third-order valence-corrected chi connectivity index (χ3v) is 4.63. The second-order valence-corrected chi connectivity index (χ2v) is 6.21. The normalized spacial score (nSPS) is 25.1. The van der Waals surface area contributed by atoms with E-state index in [0.717, 1.165) is 23.2 Å². The van der Waals surface area contributed by atoms with Crippen LogP contribution >= 0.6 is 11.8 Å². The predicted molar refractivity (Wildman–Crippen MR) is 72.3 cm³/mol. The Labute approximate surface area is 108 Å². The summed E-state index contributed by atoms with van der Waals surface area (Å²) in [5.74, 6) is 2.11. The SMILES string of the molecule is CCS[C@H]1CCCC[C@@H]1NCc1cc(C)on1. The van der Waals surface area contributed by atoms with Crippen molar-refractivity contribution in [3.05, 3.63) is 17.5 Å². The standard InChI is InChI=1S/C13H22N2OS/c1-3-17-13-7-5-4-6-12(13)14-9-11-8-10(2)16-15-11/h8,12-14H,3-7,9H2,1-2H3/t12-,13-/m0/s1. The van der Waals surface area contributed by atoms with Crippen molar-refractivity contribution in [1.82, 2.24) is 10.5 Å². The third kappa shape index (κ3) is 3.75. The van der Waals surface area contributed by atoms with Gasteiger partial charge >= 0.3 is 0 Å². The molecule has 1 aliphatic carbocycles. The number of rotatable bonds is 5. The maximum absolute atomic E-state index is 5.08. The highest BCUT2D eigenvalue weighted by Gasteiger charge is 2.24. The Bertz CT molecular complexity index is 338. The lowest BCUT2D eigenvalue weighted by Gasteiger charge is -2.31. The first-order valence-electron chi connectivity index (χ1n) is 6.56. The molecule has 0 radical (unpaired) electrons. The largest absolute Gasteiger partial charge is 0.361 e. The van der Waals surface area contributed by atoms with Crippen LogP contribution in [0.3, 0.4) is 0 Å². The summed E-state index contributed by atoms with van der Waals surface area (Å²) >= 11 is 2.09. The van der Waals surface area contributed by atoms with Gasteiger partial charge in [0.25, 0.3) is 0 Å². The monoisotopic (exact) mass is 254 g/mol. The molecule has 3 nitrogen and oxygen atoms in total. The molecule has 0 bridgehead atoms. The van der Waals surface area contributed by atoms with Crippen molar-refractivity contribution >= 4 is 11.8 Å². The fourth-order valence-electron chi connectivity index (χ4n) is 2.48. The number of aromatic nitrogens is 1. The van der Waals surface area contributed by atoms with Crippen LogP contribution in [-0.4, -0.2) is 22.2 Å². The third-order valence-electron chi connectivity index (χ3n) is 3.31. The van der Waals surface area contributed by atoms with Gasteiger partial charge in [0.15, 0.2) is 0 Å². The maximum Gasteiger partial charge on any atom is 0.133 e. The summed E-state index contributed by atoms with van der Waals surface area (Å²) in [6.07, 6.45) is 5.40. The molecule has 0 saturated heterocycles. The molecule has 17 heavy (non-hydrogen) atoms. The van der Waals surface area contributed by atoms with E-state index in [2.05, 4.69) is 29.2 Å². The van der Waals surface area contributed by atoms with Crippen LogP contribution in [0.25, 0.3) is 0 Å². The number of nitrogens with one attached hydrogen (secondary N) is 1. The van der Waals surface area contributed by atoms with Gasteiger partial charge in [-0.3, -0.25) is 0 Å². The highest BCUT2D eigenvalue weighted by Crippen LogP contribution is 2.28. The molecule has 1 aliphatic rings. The van der Waals surface area contributed by atoms with Gasteiger partial charge in [-0.05, 0) is 25.5 Å². The average molecular weight is 254 g/mol. The zero-order valence-electron chi connectivity index (χ0n) is 10.7. The van der Waals surface area contributed by atoms with Gasteiger partial charge in [-0.25, -0.2) is 0 Å². The summed E-state index contributed by atoms with van der Waals surface area (Å²) in [5.41, 5.74) is 1.02. The average Bonchev–Trinajstić information content (AvgIpc) is 2.74. The van der Waals surface area contributed by atoms with E-state index >= 15 is 0 Å². The van der Waals surface area contributed by atoms with Gasteiger partial charge in [0, 0.05) is 23.9 Å². The van der Waals surface area contributed by atoms with E-state index in [1.807, 2.05) is 13.0 Å². The smallest absolute Gasteiger partial charge is 0.133 e. The predicted octanol–water partition coefficient (Wildman–Crippen LogP) is 3.14. The van der Waals surface area contributed by atoms with Crippen molar-refractivity contribution in [2.75, 3.05) is 5.75 Å². The van der Waals surface area contributed by atoms with Gasteiger partial charge in [-0.2, -0.15) is 11.8 Å². The minimum absolute atomic E-state index is 0.644. The minimum atomic E-state index is 0.644. The molecular formula is C13H22N2OS. The molecule has 0 spiro atoms. The Kier molecular flexibility index (Phi) is 4.92. The molecule has 4 heteroatoms. The summed E-state index contributed by atoms with van der Waals surface area (Å²) < 4.78 is 5.08. The minimum Gasteiger partial charge on any atom is -0.361 e. The lowest BCUT2D eigenvalue weighted by atomic mass is 9.95. The van der Waals surface area contributed by atoms with Crippen LogP contribution in [-0.2, 0) is 6.54 Å². The van der Waals surface area contributed by atoms with E-state index in [-0.39, 0.29) is 0 Å². The molecule has 0 aromatic carbocycles. The van der Waals surface area contributed by atoms with Crippen LogP contribution < -0.4 is 5.32 Å². The Balaban J connectivity index is 1.83. The van der Waals surface area contributed by atoms with E-state index in [1.54, 1.807) is 0 Å².